The summed E-state index contributed by atoms with van der Waals surface area (Å²) in [5, 5.41) is 4.92. The van der Waals surface area contributed by atoms with Gasteiger partial charge < -0.3 is 9.47 Å². The Hall–Kier alpha value is -7.94. The average molecular weight is 765 g/mol. The minimum absolute atomic E-state index is 1.09. The number of rotatable bonds is 8. The van der Waals surface area contributed by atoms with E-state index in [1.165, 1.54) is 54.8 Å². The van der Waals surface area contributed by atoms with E-state index in [4.69, 9.17) is 0 Å². The largest absolute Gasteiger partial charge is 0.309 e. The Bertz CT molecular complexity index is 3240. The maximum atomic E-state index is 2.45. The topological polar surface area (TPSA) is 8.17 Å². The molecule has 0 radical (unpaired) electrons. The van der Waals surface area contributed by atoms with Gasteiger partial charge in [0.1, 0.15) is 0 Å². The van der Waals surface area contributed by atoms with Gasteiger partial charge in [0.15, 0.2) is 0 Å². The molecule has 0 saturated carbocycles. The van der Waals surface area contributed by atoms with Crippen molar-refractivity contribution in [2.45, 2.75) is 0 Å². The van der Waals surface area contributed by atoms with Crippen molar-refractivity contribution in [2.24, 2.45) is 0 Å². The van der Waals surface area contributed by atoms with Crippen LogP contribution in [0.1, 0.15) is 0 Å². The highest BCUT2D eigenvalue weighted by Gasteiger charge is 2.22. The highest BCUT2D eigenvalue weighted by atomic mass is 15.1. The van der Waals surface area contributed by atoms with Gasteiger partial charge in [-0.2, -0.15) is 0 Å². The van der Waals surface area contributed by atoms with E-state index in [-0.39, 0.29) is 0 Å². The first-order chi connectivity index (χ1) is 29.8. The van der Waals surface area contributed by atoms with Crippen molar-refractivity contribution in [1.29, 1.82) is 0 Å². The van der Waals surface area contributed by atoms with E-state index in [0.717, 1.165) is 45.0 Å². The van der Waals surface area contributed by atoms with Gasteiger partial charge in [0.2, 0.25) is 0 Å². The number of para-hydroxylation sites is 2. The van der Waals surface area contributed by atoms with Gasteiger partial charge in [0, 0.05) is 33.1 Å². The van der Waals surface area contributed by atoms with Crippen LogP contribution in [-0.2, 0) is 0 Å². The number of fused-ring (bicyclic) bond motifs is 4. The van der Waals surface area contributed by atoms with Crippen molar-refractivity contribution in [3.05, 3.63) is 243 Å². The first-order valence-corrected chi connectivity index (χ1v) is 20.6. The van der Waals surface area contributed by atoms with Crippen molar-refractivity contribution in [3.8, 4) is 50.2 Å². The molecule has 0 saturated heterocycles. The summed E-state index contributed by atoms with van der Waals surface area (Å²) in [5.74, 6) is 0. The summed E-state index contributed by atoms with van der Waals surface area (Å²) in [6.45, 7) is 0. The second-order valence-corrected chi connectivity index (χ2v) is 15.3. The maximum Gasteiger partial charge on any atom is 0.0541 e. The normalized spacial score (nSPS) is 11.3. The minimum atomic E-state index is 1.09. The smallest absolute Gasteiger partial charge is 0.0541 e. The highest BCUT2D eigenvalue weighted by Crippen LogP contribution is 2.47. The van der Waals surface area contributed by atoms with Gasteiger partial charge in [-0.05, 0) is 98.9 Å². The Kier molecular flexibility index (Phi) is 8.87. The lowest BCUT2D eigenvalue weighted by molar-refractivity contribution is 1.18. The summed E-state index contributed by atoms with van der Waals surface area (Å²) in [6, 6.07) is 87.9. The molecule has 0 fully saturated rings. The molecule has 0 aliphatic carbocycles. The Morgan fingerprint density at radius 2 is 0.733 bits per heavy atom. The third-order valence-electron chi connectivity index (χ3n) is 11.8. The van der Waals surface area contributed by atoms with Gasteiger partial charge in [-0.3, -0.25) is 0 Å². The van der Waals surface area contributed by atoms with Gasteiger partial charge in [-0.25, -0.2) is 0 Å². The number of aromatic nitrogens is 1. The summed E-state index contributed by atoms with van der Waals surface area (Å²) in [5.41, 5.74) is 16.3. The Morgan fingerprint density at radius 1 is 0.267 bits per heavy atom. The molecule has 0 aliphatic rings. The van der Waals surface area contributed by atoms with E-state index in [0.29, 0.717) is 0 Å². The number of anilines is 3. The van der Waals surface area contributed by atoms with Crippen LogP contribution in [0.3, 0.4) is 0 Å². The first-order valence-electron chi connectivity index (χ1n) is 20.6. The number of hydrogen-bond donors (Lipinski definition) is 0. The number of hydrogen-bond acceptors (Lipinski definition) is 1. The van der Waals surface area contributed by atoms with Crippen LogP contribution < -0.4 is 4.90 Å². The fraction of sp³-hybridized carbons (Fsp3) is 0. The van der Waals surface area contributed by atoms with E-state index in [1.807, 2.05) is 0 Å². The van der Waals surface area contributed by atoms with Crippen molar-refractivity contribution < 1.29 is 0 Å². The van der Waals surface area contributed by atoms with Crippen LogP contribution in [0.25, 0.3) is 82.8 Å². The van der Waals surface area contributed by atoms with Crippen LogP contribution in [0.15, 0.2) is 243 Å². The third kappa shape index (κ3) is 6.23. The molecule has 1 heterocycles. The zero-order valence-corrected chi connectivity index (χ0v) is 33.0. The molecule has 0 atom stereocenters. The lowest BCUT2D eigenvalue weighted by Gasteiger charge is -2.30. The van der Waals surface area contributed by atoms with Gasteiger partial charge in [0.25, 0.3) is 0 Å². The second kappa shape index (κ2) is 15.1. The predicted molar refractivity (Wildman–Crippen MR) is 255 cm³/mol. The first kappa shape index (κ1) is 35.2. The summed E-state index contributed by atoms with van der Waals surface area (Å²) in [7, 11) is 0. The SMILES string of the molecule is c1ccc(-c2ccc(N(c3ccc(-c4cccc(-n5c6ccccc6c6ccccc65)c4)cc3-c3ccccc3)c3ccc(-c4ccccc4)c4ccccc34)cc2)cc1. The zero-order valence-electron chi connectivity index (χ0n) is 33.0. The fourth-order valence-electron chi connectivity index (χ4n) is 8.97. The maximum absolute atomic E-state index is 2.45. The van der Waals surface area contributed by atoms with Crippen LogP contribution >= 0.6 is 0 Å². The van der Waals surface area contributed by atoms with E-state index in [9.17, 15) is 0 Å². The highest BCUT2D eigenvalue weighted by molar-refractivity contribution is 6.10. The molecular weight excluding hydrogens is 725 g/mol. The molecule has 2 heteroatoms. The Labute approximate surface area is 350 Å². The van der Waals surface area contributed by atoms with Crippen molar-refractivity contribution in [3.63, 3.8) is 0 Å². The summed E-state index contributed by atoms with van der Waals surface area (Å²) in [4.78, 5) is 2.45. The molecule has 0 bridgehead atoms. The molecule has 0 aliphatic heterocycles. The van der Waals surface area contributed by atoms with Gasteiger partial charge >= 0.3 is 0 Å². The molecule has 10 aromatic carbocycles. The summed E-state index contributed by atoms with van der Waals surface area (Å²) >= 11 is 0. The van der Waals surface area contributed by atoms with Crippen LogP contribution in [0.2, 0.25) is 0 Å². The molecule has 2 nitrogen and oxygen atoms in total. The molecular formula is C58H40N2. The molecule has 282 valence electrons. The van der Waals surface area contributed by atoms with Crippen molar-refractivity contribution in [2.75, 3.05) is 4.90 Å². The molecule has 0 unspecified atom stereocenters. The van der Waals surface area contributed by atoms with Crippen LogP contribution in [0.5, 0.6) is 0 Å². The van der Waals surface area contributed by atoms with Crippen molar-refractivity contribution >= 4 is 49.6 Å². The minimum Gasteiger partial charge on any atom is -0.309 e. The molecule has 11 aromatic rings. The van der Waals surface area contributed by atoms with Gasteiger partial charge in [-0.15, -0.1) is 0 Å². The lowest BCUT2D eigenvalue weighted by atomic mass is 9.94. The molecule has 11 rings (SSSR count). The van der Waals surface area contributed by atoms with E-state index >= 15 is 0 Å². The molecule has 0 N–H and O–H groups in total. The van der Waals surface area contributed by atoms with E-state index < -0.39 is 0 Å². The summed E-state index contributed by atoms with van der Waals surface area (Å²) in [6.07, 6.45) is 0. The predicted octanol–water partition coefficient (Wildman–Crippen LogP) is 16.1. The second-order valence-electron chi connectivity index (χ2n) is 15.3. The molecule has 60 heavy (non-hydrogen) atoms. The van der Waals surface area contributed by atoms with Crippen molar-refractivity contribution in [1.82, 2.24) is 4.57 Å². The molecule has 1 aromatic heterocycles. The lowest BCUT2D eigenvalue weighted by Crippen LogP contribution is -2.12. The number of nitrogens with zero attached hydrogens (tertiary/aromatic N) is 2. The van der Waals surface area contributed by atoms with E-state index in [1.54, 1.807) is 0 Å². The zero-order chi connectivity index (χ0) is 39.8. The number of benzene rings is 10. The average Bonchev–Trinajstić information content (AvgIpc) is 3.67. The van der Waals surface area contributed by atoms with Crippen LogP contribution in [0, 0.1) is 0 Å². The van der Waals surface area contributed by atoms with Crippen LogP contribution in [-0.4, -0.2) is 4.57 Å². The van der Waals surface area contributed by atoms with E-state index in [2.05, 4.69) is 252 Å². The monoisotopic (exact) mass is 764 g/mol. The Morgan fingerprint density at radius 3 is 1.38 bits per heavy atom. The quantitative estimate of drug-likeness (QED) is 0.150. The molecule has 0 spiro atoms. The van der Waals surface area contributed by atoms with Crippen LogP contribution in [0.4, 0.5) is 17.1 Å². The standard InChI is InChI=1S/C58H40N2/c1-4-17-41(18-5-1)42-31-34-47(35-32-42)59(57-38-36-49(43-19-6-2-7-20-43)50-25-10-11-26-51(50)57)58-37-33-46(40-54(58)44-21-8-3-9-22-44)45-23-16-24-48(39-45)60-55-29-14-12-27-52(55)53-28-13-15-30-56(53)60/h1-40H. The van der Waals surface area contributed by atoms with Gasteiger partial charge in [0.05, 0.1) is 22.4 Å². The third-order valence-corrected chi connectivity index (χ3v) is 11.8. The van der Waals surface area contributed by atoms with Gasteiger partial charge in [-0.1, -0.05) is 188 Å². The Balaban J connectivity index is 1.11. The summed E-state index contributed by atoms with van der Waals surface area (Å²) < 4.78 is 2.39. The molecule has 0 amide bonds. The fourth-order valence-corrected chi connectivity index (χ4v) is 8.97.